The summed E-state index contributed by atoms with van der Waals surface area (Å²) in [5.74, 6) is -0.346. The number of benzene rings is 3. The number of phenols is 1. The lowest BCUT2D eigenvalue weighted by Crippen LogP contribution is -2.38. The zero-order valence-corrected chi connectivity index (χ0v) is 19.4. The minimum Gasteiger partial charge on any atom is -0.508 e. The molecule has 1 saturated carbocycles. The number of rotatable bonds is 6. The van der Waals surface area contributed by atoms with Gasteiger partial charge in [-0.2, -0.15) is 0 Å². The lowest BCUT2D eigenvalue weighted by atomic mass is 9.95. The first kappa shape index (κ1) is 21.4. The Bertz CT molecular complexity index is 976. The van der Waals surface area contributed by atoms with Crippen LogP contribution in [0.25, 0.3) is 0 Å². The maximum absolute atomic E-state index is 15.1. The Morgan fingerprint density at radius 3 is 2.00 bits per heavy atom. The van der Waals surface area contributed by atoms with Gasteiger partial charge in [0.25, 0.3) is 0 Å². The number of hydrogen-bond donors (Lipinski definition) is 2. The second-order valence-corrected chi connectivity index (χ2v) is 11.7. The van der Waals surface area contributed by atoms with Crippen molar-refractivity contribution in [3.63, 3.8) is 0 Å². The maximum Gasteiger partial charge on any atom is 0.163 e. The molecule has 0 spiro atoms. The van der Waals surface area contributed by atoms with Crippen LogP contribution in [0.2, 0.25) is 0 Å². The molecule has 0 bridgehead atoms. The van der Waals surface area contributed by atoms with E-state index in [0.717, 1.165) is 27.9 Å². The molecule has 156 valence electrons. The van der Waals surface area contributed by atoms with E-state index in [0.29, 0.717) is 5.56 Å². The molecule has 30 heavy (non-hydrogen) atoms. The van der Waals surface area contributed by atoms with Gasteiger partial charge in [0.15, 0.2) is 7.14 Å². The molecule has 1 aliphatic rings. The van der Waals surface area contributed by atoms with E-state index >= 15 is 4.57 Å². The summed E-state index contributed by atoms with van der Waals surface area (Å²) in [5, 5.41) is 16.1. The summed E-state index contributed by atoms with van der Waals surface area (Å²) < 4.78 is 15.9. The smallest absolute Gasteiger partial charge is 0.163 e. The average Bonchev–Trinajstić information content (AvgIpc) is 2.80. The molecule has 1 atom stereocenters. The largest absolute Gasteiger partial charge is 0.508 e. The van der Waals surface area contributed by atoms with E-state index in [4.69, 9.17) is 0 Å². The highest BCUT2D eigenvalue weighted by atomic mass is 79.9. The highest BCUT2D eigenvalue weighted by molar-refractivity contribution is 9.10. The van der Waals surface area contributed by atoms with E-state index in [1.807, 2.05) is 72.8 Å². The summed E-state index contributed by atoms with van der Waals surface area (Å²) in [6, 6.07) is 25.1. The van der Waals surface area contributed by atoms with Crippen molar-refractivity contribution in [3.8, 4) is 5.75 Å². The van der Waals surface area contributed by atoms with Crippen molar-refractivity contribution in [3.05, 3.63) is 88.9 Å². The molecule has 0 saturated heterocycles. The van der Waals surface area contributed by atoms with Crippen LogP contribution in [0.15, 0.2) is 83.3 Å². The number of aromatic hydroxyl groups is 1. The predicted octanol–water partition coefficient (Wildman–Crippen LogP) is 6.09. The van der Waals surface area contributed by atoms with Crippen LogP contribution < -0.4 is 15.9 Å². The second kappa shape index (κ2) is 9.51. The fourth-order valence-corrected chi connectivity index (χ4v) is 7.90. The molecule has 0 amide bonds. The third-order valence-electron chi connectivity index (χ3n) is 5.93. The van der Waals surface area contributed by atoms with Gasteiger partial charge in [-0.3, -0.25) is 0 Å². The highest BCUT2D eigenvalue weighted by Crippen LogP contribution is 2.57. The van der Waals surface area contributed by atoms with Crippen LogP contribution in [-0.2, 0) is 4.57 Å². The molecule has 0 aliphatic heterocycles. The van der Waals surface area contributed by atoms with Crippen LogP contribution in [0.4, 0.5) is 0 Å². The van der Waals surface area contributed by atoms with Crippen LogP contribution in [0, 0.1) is 0 Å². The minimum atomic E-state index is -3.16. The molecule has 3 aromatic rings. The van der Waals surface area contributed by atoms with Crippen molar-refractivity contribution in [1.82, 2.24) is 5.32 Å². The first-order chi connectivity index (χ1) is 14.6. The third kappa shape index (κ3) is 4.42. The van der Waals surface area contributed by atoms with Crippen molar-refractivity contribution in [2.24, 2.45) is 0 Å². The predicted molar refractivity (Wildman–Crippen MR) is 128 cm³/mol. The fourth-order valence-electron chi connectivity index (χ4n) is 4.37. The Kier molecular flexibility index (Phi) is 6.77. The van der Waals surface area contributed by atoms with Crippen molar-refractivity contribution >= 4 is 33.7 Å². The summed E-state index contributed by atoms with van der Waals surface area (Å²) in [6.45, 7) is 0. The van der Waals surface area contributed by atoms with E-state index in [-0.39, 0.29) is 11.8 Å². The van der Waals surface area contributed by atoms with Gasteiger partial charge in [-0.05, 0) is 31.0 Å². The molecule has 0 radical (unpaired) electrons. The Morgan fingerprint density at radius 2 is 1.43 bits per heavy atom. The fraction of sp³-hybridized carbons (Fsp3) is 0.280. The summed E-state index contributed by atoms with van der Waals surface area (Å²) in [5.41, 5.74) is 0.672. The quantitative estimate of drug-likeness (QED) is 0.417. The van der Waals surface area contributed by atoms with Gasteiger partial charge in [-0.25, -0.2) is 0 Å². The van der Waals surface area contributed by atoms with E-state index in [9.17, 15) is 5.11 Å². The number of nitrogens with one attached hydrogen (secondary N) is 1. The lowest BCUT2D eigenvalue weighted by molar-refractivity contribution is 0.361. The van der Waals surface area contributed by atoms with E-state index < -0.39 is 12.9 Å². The molecule has 3 aromatic carbocycles. The molecule has 2 N–H and O–H groups in total. The molecule has 0 heterocycles. The molecule has 4 rings (SSSR count). The number of phenolic OH excluding ortho intramolecular Hbond substituents is 1. The van der Waals surface area contributed by atoms with Gasteiger partial charge in [-0.15, -0.1) is 0 Å². The van der Waals surface area contributed by atoms with E-state index in [2.05, 4.69) is 21.2 Å². The summed E-state index contributed by atoms with van der Waals surface area (Å²) in [4.78, 5) is 0. The van der Waals surface area contributed by atoms with Crippen LogP contribution in [0.5, 0.6) is 5.75 Å². The maximum atomic E-state index is 15.1. The highest BCUT2D eigenvalue weighted by Gasteiger charge is 2.40. The van der Waals surface area contributed by atoms with Crippen molar-refractivity contribution in [1.29, 1.82) is 0 Å². The Labute approximate surface area is 187 Å². The molecule has 1 fully saturated rings. The molecular formula is C25H27BrNO2P. The van der Waals surface area contributed by atoms with Gasteiger partial charge >= 0.3 is 0 Å². The lowest BCUT2D eigenvalue weighted by Gasteiger charge is -2.35. The number of hydrogen-bond acceptors (Lipinski definition) is 3. The SMILES string of the molecule is O=P(c1ccccc1)(c1ccccc1)C(NC1CCCCC1)c1cc(Br)ccc1O. The Hall–Kier alpha value is -1.87. The zero-order valence-electron chi connectivity index (χ0n) is 16.9. The molecule has 3 nitrogen and oxygen atoms in total. The van der Waals surface area contributed by atoms with Crippen molar-refractivity contribution in [2.45, 2.75) is 43.9 Å². The van der Waals surface area contributed by atoms with Gasteiger partial charge in [0, 0.05) is 26.7 Å². The normalized spacial score (nSPS) is 16.3. The average molecular weight is 484 g/mol. The van der Waals surface area contributed by atoms with Gasteiger partial charge < -0.3 is 15.0 Å². The molecule has 0 aromatic heterocycles. The summed E-state index contributed by atoms with van der Waals surface area (Å²) in [6.07, 6.45) is 5.73. The summed E-state index contributed by atoms with van der Waals surface area (Å²) >= 11 is 3.54. The molecule has 1 unspecified atom stereocenters. The first-order valence-electron chi connectivity index (χ1n) is 10.5. The van der Waals surface area contributed by atoms with Crippen molar-refractivity contribution < 1.29 is 9.67 Å². The monoisotopic (exact) mass is 483 g/mol. The van der Waals surface area contributed by atoms with Gasteiger partial charge in [0.2, 0.25) is 0 Å². The summed E-state index contributed by atoms with van der Waals surface area (Å²) in [7, 11) is -3.16. The van der Waals surface area contributed by atoms with Crippen LogP contribution >= 0.6 is 23.1 Å². The molecule has 1 aliphatic carbocycles. The van der Waals surface area contributed by atoms with Crippen molar-refractivity contribution in [2.75, 3.05) is 0 Å². The molecular weight excluding hydrogens is 457 g/mol. The van der Waals surface area contributed by atoms with E-state index in [1.165, 1.54) is 19.3 Å². The Morgan fingerprint density at radius 1 is 0.867 bits per heavy atom. The van der Waals surface area contributed by atoms with Crippen LogP contribution in [0.3, 0.4) is 0 Å². The third-order valence-corrected chi connectivity index (χ3v) is 9.70. The van der Waals surface area contributed by atoms with Gasteiger partial charge in [0.05, 0.1) is 5.78 Å². The van der Waals surface area contributed by atoms with E-state index in [1.54, 1.807) is 6.07 Å². The number of halogens is 1. The standard InChI is InChI=1S/C25H27BrNO2P/c26-19-16-17-24(28)23(18-19)25(27-20-10-4-1-5-11-20)30(29,21-12-6-2-7-13-21)22-14-8-3-9-15-22/h2-3,6-9,12-18,20,25,27-28H,1,4-5,10-11H2. The van der Waals surface area contributed by atoms with Gasteiger partial charge in [-0.1, -0.05) is 95.9 Å². The Balaban J connectivity index is 1.91. The topological polar surface area (TPSA) is 49.3 Å². The first-order valence-corrected chi connectivity index (χ1v) is 13.1. The minimum absolute atomic E-state index is 0.165. The van der Waals surface area contributed by atoms with Crippen LogP contribution in [-0.4, -0.2) is 11.1 Å². The van der Waals surface area contributed by atoms with Crippen LogP contribution in [0.1, 0.15) is 43.5 Å². The zero-order chi connectivity index (χ0) is 21.0. The van der Waals surface area contributed by atoms with Gasteiger partial charge in [0.1, 0.15) is 5.75 Å². The second-order valence-electron chi connectivity index (χ2n) is 7.94. The molecule has 5 heteroatoms.